The Labute approximate surface area is 157 Å². The minimum atomic E-state index is -0.530. The van der Waals surface area contributed by atoms with Gasteiger partial charge in [-0.25, -0.2) is 4.39 Å². The van der Waals surface area contributed by atoms with Gasteiger partial charge < -0.3 is 5.32 Å². The first-order chi connectivity index (χ1) is 12.0. The van der Waals surface area contributed by atoms with Crippen molar-refractivity contribution in [3.8, 4) is 5.69 Å². The summed E-state index contributed by atoms with van der Waals surface area (Å²) >= 11 is 17.9. The predicted molar refractivity (Wildman–Crippen MR) is 98.6 cm³/mol. The molecule has 0 radical (unpaired) electrons. The average Bonchev–Trinajstić information content (AvgIpc) is 2.60. The van der Waals surface area contributed by atoms with E-state index >= 15 is 0 Å². The molecular weight excluding hydrogens is 388 g/mol. The predicted octanol–water partition coefficient (Wildman–Crippen LogP) is 4.94. The largest absolute Gasteiger partial charge is 0.380 e. The summed E-state index contributed by atoms with van der Waals surface area (Å²) < 4.78 is 14.0. The Hall–Kier alpha value is -2.08. The highest BCUT2D eigenvalue weighted by Crippen LogP contribution is 2.25. The van der Waals surface area contributed by atoms with E-state index in [1.807, 2.05) is 0 Å². The summed E-state index contributed by atoms with van der Waals surface area (Å²) in [6, 6.07) is 11.1. The van der Waals surface area contributed by atoms with Crippen LogP contribution in [0, 0.1) is 5.82 Å². The fraction of sp³-hybridized carbons (Fsp3) is 0.0588. The normalized spacial score (nSPS) is 10.7. The molecule has 0 amide bonds. The van der Waals surface area contributed by atoms with Gasteiger partial charge in [-0.3, -0.25) is 4.79 Å². The molecule has 3 aromatic rings. The van der Waals surface area contributed by atoms with Crippen molar-refractivity contribution < 1.29 is 4.39 Å². The van der Waals surface area contributed by atoms with Crippen LogP contribution in [0.1, 0.15) is 5.56 Å². The van der Waals surface area contributed by atoms with E-state index in [1.165, 1.54) is 18.3 Å². The van der Waals surface area contributed by atoms with E-state index in [9.17, 15) is 9.18 Å². The molecule has 0 unspecified atom stereocenters. The van der Waals surface area contributed by atoms with Gasteiger partial charge in [0.2, 0.25) is 0 Å². The Morgan fingerprint density at radius 2 is 1.76 bits per heavy atom. The molecule has 0 spiro atoms. The molecule has 0 atom stereocenters. The Morgan fingerprint density at radius 1 is 1.04 bits per heavy atom. The van der Waals surface area contributed by atoms with E-state index in [0.717, 1.165) is 10.2 Å². The molecular formula is C17H11Cl3FN3O. The summed E-state index contributed by atoms with van der Waals surface area (Å²) in [6.45, 7) is 0.477. The third kappa shape index (κ3) is 3.95. The Balaban J connectivity index is 1.82. The van der Waals surface area contributed by atoms with Gasteiger partial charge in [0.25, 0.3) is 5.56 Å². The molecule has 0 bridgehead atoms. The monoisotopic (exact) mass is 397 g/mol. The number of halogens is 4. The summed E-state index contributed by atoms with van der Waals surface area (Å²) in [5.74, 6) is -0.286. The lowest BCUT2D eigenvalue weighted by Gasteiger charge is -2.11. The lowest BCUT2D eigenvalue weighted by molar-refractivity contribution is 0.627. The van der Waals surface area contributed by atoms with Crippen LogP contribution < -0.4 is 10.9 Å². The van der Waals surface area contributed by atoms with Crippen molar-refractivity contribution in [2.75, 3.05) is 5.32 Å². The third-order valence-electron chi connectivity index (χ3n) is 3.47. The van der Waals surface area contributed by atoms with Gasteiger partial charge in [0.1, 0.15) is 10.8 Å². The van der Waals surface area contributed by atoms with Crippen LogP contribution in [-0.4, -0.2) is 9.78 Å². The first-order valence-corrected chi connectivity index (χ1v) is 8.30. The highest BCUT2D eigenvalue weighted by Gasteiger charge is 2.10. The lowest BCUT2D eigenvalue weighted by Crippen LogP contribution is -2.21. The second-order valence-electron chi connectivity index (χ2n) is 5.17. The van der Waals surface area contributed by atoms with Crippen LogP contribution in [0.3, 0.4) is 0 Å². The molecule has 2 aromatic carbocycles. The summed E-state index contributed by atoms with van der Waals surface area (Å²) in [5, 5.41) is 7.49. The topological polar surface area (TPSA) is 46.9 Å². The van der Waals surface area contributed by atoms with Crippen LogP contribution in [0.4, 0.5) is 10.1 Å². The van der Waals surface area contributed by atoms with Crippen molar-refractivity contribution in [1.29, 1.82) is 0 Å². The van der Waals surface area contributed by atoms with E-state index in [2.05, 4.69) is 10.4 Å². The molecule has 3 rings (SSSR count). The van der Waals surface area contributed by atoms with Gasteiger partial charge in [-0.2, -0.15) is 9.78 Å². The summed E-state index contributed by atoms with van der Waals surface area (Å²) in [4.78, 5) is 12.1. The molecule has 0 fully saturated rings. The Morgan fingerprint density at radius 3 is 2.44 bits per heavy atom. The van der Waals surface area contributed by atoms with Crippen LogP contribution in [0.25, 0.3) is 5.69 Å². The zero-order valence-electron chi connectivity index (χ0n) is 12.6. The maximum atomic E-state index is 12.9. The smallest absolute Gasteiger partial charge is 0.291 e. The zero-order chi connectivity index (χ0) is 18.0. The molecule has 0 aliphatic rings. The number of anilines is 1. The van der Waals surface area contributed by atoms with Gasteiger partial charge in [-0.05, 0) is 35.9 Å². The number of hydrogen-bond acceptors (Lipinski definition) is 3. The summed E-state index contributed by atoms with van der Waals surface area (Å²) in [5.41, 5.74) is 1.50. The van der Waals surface area contributed by atoms with Crippen molar-refractivity contribution in [3.05, 3.63) is 85.5 Å². The summed E-state index contributed by atoms with van der Waals surface area (Å²) in [7, 11) is 0. The standard InChI is InChI=1S/C17H11Cl3FN3O/c18-13-7-12(24-17(25)16(20)14(19)9-23-24)5-6-15(13)22-8-10-1-3-11(21)4-2-10/h1-7,9,22H,8H2. The third-order valence-corrected chi connectivity index (χ3v) is 4.53. The van der Waals surface area contributed by atoms with Crippen LogP contribution in [0.15, 0.2) is 53.5 Å². The van der Waals surface area contributed by atoms with Gasteiger partial charge >= 0.3 is 0 Å². The second kappa shape index (κ2) is 7.44. The van der Waals surface area contributed by atoms with Crippen molar-refractivity contribution in [3.63, 3.8) is 0 Å². The number of benzene rings is 2. The second-order valence-corrected chi connectivity index (χ2v) is 6.36. The molecule has 4 nitrogen and oxygen atoms in total. The van der Waals surface area contributed by atoms with Crippen molar-refractivity contribution in [2.45, 2.75) is 6.54 Å². The summed E-state index contributed by atoms with van der Waals surface area (Å²) in [6.07, 6.45) is 1.29. The molecule has 8 heteroatoms. The molecule has 1 N–H and O–H groups in total. The van der Waals surface area contributed by atoms with Crippen molar-refractivity contribution in [1.82, 2.24) is 9.78 Å². The first-order valence-electron chi connectivity index (χ1n) is 7.17. The highest BCUT2D eigenvalue weighted by molar-refractivity contribution is 6.41. The number of nitrogens with one attached hydrogen (secondary N) is 1. The molecule has 0 aliphatic carbocycles. The molecule has 0 saturated carbocycles. The SMILES string of the molecule is O=c1c(Cl)c(Cl)cnn1-c1ccc(NCc2ccc(F)cc2)c(Cl)c1. The van der Waals surface area contributed by atoms with Gasteiger partial charge in [0.05, 0.1) is 27.6 Å². The van der Waals surface area contributed by atoms with E-state index < -0.39 is 5.56 Å². The Bertz CT molecular complexity index is 974. The first kappa shape index (κ1) is 17.7. The molecule has 25 heavy (non-hydrogen) atoms. The van der Waals surface area contributed by atoms with E-state index in [4.69, 9.17) is 34.8 Å². The maximum Gasteiger partial charge on any atom is 0.291 e. The minimum Gasteiger partial charge on any atom is -0.380 e. The van der Waals surface area contributed by atoms with E-state index in [0.29, 0.717) is 22.9 Å². The van der Waals surface area contributed by atoms with Crippen molar-refractivity contribution in [2.24, 2.45) is 0 Å². The average molecular weight is 399 g/mol. The number of nitrogens with zero attached hydrogens (tertiary/aromatic N) is 2. The fourth-order valence-electron chi connectivity index (χ4n) is 2.18. The van der Waals surface area contributed by atoms with Crippen LogP contribution in [0.2, 0.25) is 15.1 Å². The maximum absolute atomic E-state index is 12.9. The fourth-order valence-corrected chi connectivity index (χ4v) is 2.67. The van der Waals surface area contributed by atoms with E-state index in [-0.39, 0.29) is 15.9 Å². The number of aromatic nitrogens is 2. The molecule has 1 aromatic heterocycles. The van der Waals surface area contributed by atoms with Gasteiger partial charge in [-0.1, -0.05) is 46.9 Å². The zero-order valence-corrected chi connectivity index (χ0v) is 14.9. The quantitative estimate of drug-likeness (QED) is 0.677. The lowest BCUT2D eigenvalue weighted by atomic mass is 10.2. The molecule has 0 aliphatic heterocycles. The highest BCUT2D eigenvalue weighted by atomic mass is 35.5. The minimum absolute atomic E-state index is 0.0894. The van der Waals surface area contributed by atoms with Crippen LogP contribution >= 0.6 is 34.8 Å². The van der Waals surface area contributed by atoms with Gasteiger partial charge in [-0.15, -0.1) is 0 Å². The van der Waals surface area contributed by atoms with Crippen molar-refractivity contribution >= 4 is 40.5 Å². The molecule has 0 saturated heterocycles. The van der Waals surface area contributed by atoms with Crippen LogP contribution in [-0.2, 0) is 6.54 Å². The Kier molecular flexibility index (Phi) is 5.27. The van der Waals surface area contributed by atoms with Gasteiger partial charge in [0, 0.05) is 6.54 Å². The molecule has 128 valence electrons. The number of rotatable bonds is 4. The molecule has 1 heterocycles. The van der Waals surface area contributed by atoms with Gasteiger partial charge in [0.15, 0.2) is 0 Å². The number of hydrogen-bond donors (Lipinski definition) is 1. The van der Waals surface area contributed by atoms with Crippen LogP contribution in [0.5, 0.6) is 0 Å². The van der Waals surface area contributed by atoms with E-state index in [1.54, 1.807) is 30.3 Å².